The molecular formula is C20H25NO2. The molecule has 3 heteroatoms. The van der Waals surface area contributed by atoms with E-state index >= 15 is 0 Å². The quantitative estimate of drug-likeness (QED) is 0.716. The molecule has 0 heterocycles. The van der Waals surface area contributed by atoms with Crippen LogP contribution in [0.1, 0.15) is 36.8 Å². The van der Waals surface area contributed by atoms with Crippen LogP contribution in [-0.2, 0) is 9.53 Å². The van der Waals surface area contributed by atoms with E-state index in [1.165, 1.54) is 11.1 Å². The van der Waals surface area contributed by atoms with Gasteiger partial charge in [0.15, 0.2) is 0 Å². The van der Waals surface area contributed by atoms with Crippen molar-refractivity contribution in [3.05, 3.63) is 71.8 Å². The molecular weight excluding hydrogens is 286 g/mol. The van der Waals surface area contributed by atoms with E-state index in [1.807, 2.05) is 43.3 Å². The van der Waals surface area contributed by atoms with Crippen molar-refractivity contribution in [2.75, 3.05) is 19.8 Å². The predicted molar refractivity (Wildman–Crippen MR) is 93.5 cm³/mol. The number of hydrogen-bond donors (Lipinski definition) is 1. The molecule has 0 aliphatic rings. The lowest BCUT2D eigenvalue weighted by molar-refractivity contribution is -0.121. The van der Waals surface area contributed by atoms with Crippen molar-refractivity contribution < 1.29 is 9.53 Å². The second-order valence-electron chi connectivity index (χ2n) is 5.48. The summed E-state index contributed by atoms with van der Waals surface area (Å²) in [6, 6.07) is 20.4. The molecule has 0 saturated heterocycles. The highest BCUT2D eigenvalue weighted by molar-refractivity contribution is 5.77. The second kappa shape index (κ2) is 9.80. The zero-order valence-corrected chi connectivity index (χ0v) is 13.7. The van der Waals surface area contributed by atoms with Gasteiger partial charge in [0, 0.05) is 32.1 Å². The molecule has 0 atom stereocenters. The lowest BCUT2D eigenvalue weighted by Gasteiger charge is -2.18. The molecule has 0 aliphatic carbocycles. The summed E-state index contributed by atoms with van der Waals surface area (Å²) in [4.78, 5) is 12.3. The van der Waals surface area contributed by atoms with Gasteiger partial charge in [-0.1, -0.05) is 60.7 Å². The highest BCUT2D eigenvalue weighted by Crippen LogP contribution is 2.27. The van der Waals surface area contributed by atoms with Crippen LogP contribution in [0.15, 0.2) is 60.7 Å². The molecule has 0 saturated carbocycles. The first-order valence-corrected chi connectivity index (χ1v) is 8.25. The minimum Gasteiger partial charge on any atom is -0.382 e. The summed E-state index contributed by atoms with van der Waals surface area (Å²) in [6.45, 7) is 4.05. The van der Waals surface area contributed by atoms with Gasteiger partial charge in [0.2, 0.25) is 5.91 Å². The molecule has 0 aromatic heterocycles. The lowest BCUT2D eigenvalue weighted by Crippen LogP contribution is -2.27. The van der Waals surface area contributed by atoms with E-state index in [0.717, 1.165) is 13.0 Å². The van der Waals surface area contributed by atoms with E-state index in [9.17, 15) is 4.79 Å². The van der Waals surface area contributed by atoms with Gasteiger partial charge in [-0.3, -0.25) is 4.79 Å². The molecule has 2 rings (SSSR count). The summed E-state index contributed by atoms with van der Waals surface area (Å²) in [5, 5.41) is 2.99. The van der Waals surface area contributed by atoms with E-state index in [1.54, 1.807) is 0 Å². The van der Waals surface area contributed by atoms with Crippen LogP contribution in [0.5, 0.6) is 0 Å². The van der Waals surface area contributed by atoms with Crippen molar-refractivity contribution in [2.24, 2.45) is 0 Å². The van der Waals surface area contributed by atoms with Crippen LogP contribution in [0.2, 0.25) is 0 Å². The SMILES string of the molecule is CCOCCCNC(=O)CC(c1ccccc1)c1ccccc1. The fraction of sp³-hybridized carbons (Fsp3) is 0.350. The van der Waals surface area contributed by atoms with Gasteiger partial charge in [0.05, 0.1) is 0 Å². The molecule has 0 aliphatic heterocycles. The minimum absolute atomic E-state index is 0.0826. The summed E-state index contributed by atoms with van der Waals surface area (Å²) >= 11 is 0. The first kappa shape index (κ1) is 17.2. The Hall–Kier alpha value is -2.13. The second-order valence-corrected chi connectivity index (χ2v) is 5.48. The van der Waals surface area contributed by atoms with Gasteiger partial charge in [-0.15, -0.1) is 0 Å². The Morgan fingerprint density at radius 2 is 1.57 bits per heavy atom. The molecule has 23 heavy (non-hydrogen) atoms. The molecule has 0 radical (unpaired) electrons. The molecule has 0 unspecified atom stereocenters. The largest absolute Gasteiger partial charge is 0.382 e. The Morgan fingerprint density at radius 3 is 2.09 bits per heavy atom. The summed E-state index contributed by atoms with van der Waals surface area (Å²) < 4.78 is 5.28. The van der Waals surface area contributed by atoms with Crippen LogP contribution in [0.3, 0.4) is 0 Å². The van der Waals surface area contributed by atoms with E-state index in [0.29, 0.717) is 19.6 Å². The standard InChI is InChI=1S/C20H25NO2/c1-2-23-15-9-14-21-20(22)16-19(17-10-5-3-6-11-17)18-12-7-4-8-13-18/h3-8,10-13,19H,2,9,14-16H2,1H3,(H,21,22). The Balaban J connectivity index is 1.97. The van der Waals surface area contributed by atoms with Crippen molar-refractivity contribution in [1.29, 1.82) is 0 Å². The van der Waals surface area contributed by atoms with Gasteiger partial charge in [0.1, 0.15) is 0 Å². The highest BCUT2D eigenvalue weighted by atomic mass is 16.5. The molecule has 3 nitrogen and oxygen atoms in total. The molecule has 122 valence electrons. The zero-order valence-electron chi connectivity index (χ0n) is 13.7. The van der Waals surface area contributed by atoms with Crippen LogP contribution in [0.25, 0.3) is 0 Å². The third kappa shape index (κ3) is 5.87. The average molecular weight is 311 g/mol. The third-order valence-corrected chi connectivity index (χ3v) is 3.79. The summed E-state index contributed by atoms with van der Waals surface area (Å²) in [7, 11) is 0. The number of amides is 1. The van der Waals surface area contributed by atoms with Crippen molar-refractivity contribution in [3.63, 3.8) is 0 Å². The number of carbonyl (C=O) groups excluding carboxylic acids is 1. The molecule has 1 N–H and O–H groups in total. The predicted octanol–water partition coefficient (Wildman–Crippen LogP) is 3.75. The first-order chi connectivity index (χ1) is 11.3. The molecule has 0 spiro atoms. The lowest BCUT2D eigenvalue weighted by atomic mass is 9.88. The first-order valence-electron chi connectivity index (χ1n) is 8.25. The fourth-order valence-corrected chi connectivity index (χ4v) is 2.60. The number of carbonyl (C=O) groups is 1. The topological polar surface area (TPSA) is 38.3 Å². The molecule has 2 aromatic carbocycles. The summed E-state index contributed by atoms with van der Waals surface area (Å²) in [6.07, 6.45) is 1.31. The Bertz CT molecular complexity index is 529. The molecule has 0 fully saturated rings. The Labute approximate surface area is 138 Å². The molecule has 2 aromatic rings. The van der Waals surface area contributed by atoms with Gasteiger partial charge in [-0.2, -0.15) is 0 Å². The average Bonchev–Trinajstić information content (AvgIpc) is 2.61. The minimum atomic E-state index is 0.0826. The highest BCUT2D eigenvalue weighted by Gasteiger charge is 2.17. The summed E-state index contributed by atoms with van der Waals surface area (Å²) in [5.74, 6) is 0.170. The Kier molecular flexibility index (Phi) is 7.34. The number of rotatable bonds is 9. The number of benzene rings is 2. The van der Waals surface area contributed by atoms with Crippen LogP contribution in [0, 0.1) is 0 Å². The maximum Gasteiger partial charge on any atom is 0.220 e. The van der Waals surface area contributed by atoms with Crippen molar-refractivity contribution in [1.82, 2.24) is 5.32 Å². The maximum absolute atomic E-state index is 12.3. The van der Waals surface area contributed by atoms with Gasteiger partial charge >= 0.3 is 0 Å². The van der Waals surface area contributed by atoms with E-state index < -0.39 is 0 Å². The van der Waals surface area contributed by atoms with Crippen LogP contribution in [0.4, 0.5) is 0 Å². The molecule has 0 bridgehead atoms. The van der Waals surface area contributed by atoms with Crippen molar-refractivity contribution in [2.45, 2.75) is 25.7 Å². The van der Waals surface area contributed by atoms with Gasteiger partial charge in [-0.25, -0.2) is 0 Å². The number of hydrogen-bond acceptors (Lipinski definition) is 2. The van der Waals surface area contributed by atoms with E-state index in [-0.39, 0.29) is 11.8 Å². The normalized spacial score (nSPS) is 10.7. The van der Waals surface area contributed by atoms with Crippen molar-refractivity contribution in [3.8, 4) is 0 Å². The van der Waals surface area contributed by atoms with Crippen molar-refractivity contribution >= 4 is 5.91 Å². The van der Waals surface area contributed by atoms with Gasteiger partial charge in [0.25, 0.3) is 0 Å². The third-order valence-electron chi connectivity index (χ3n) is 3.79. The van der Waals surface area contributed by atoms with E-state index in [2.05, 4.69) is 29.6 Å². The van der Waals surface area contributed by atoms with Gasteiger partial charge in [-0.05, 0) is 24.5 Å². The van der Waals surface area contributed by atoms with Crippen LogP contribution >= 0.6 is 0 Å². The monoisotopic (exact) mass is 311 g/mol. The van der Waals surface area contributed by atoms with E-state index in [4.69, 9.17) is 4.74 Å². The smallest absolute Gasteiger partial charge is 0.220 e. The fourth-order valence-electron chi connectivity index (χ4n) is 2.60. The maximum atomic E-state index is 12.3. The Morgan fingerprint density at radius 1 is 1.00 bits per heavy atom. The van der Waals surface area contributed by atoms with Gasteiger partial charge < -0.3 is 10.1 Å². The molecule has 1 amide bonds. The zero-order chi connectivity index (χ0) is 16.3. The summed E-state index contributed by atoms with van der Waals surface area (Å²) in [5.41, 5.74) is 2.34. The van der Waals surface area contributed by atoms with Crippen LogP contribution in [-0.4, -0.2) is 25.7 Å². The number of nitrogens with one attached hydrogen (secondary N) is 1. The van der Waals surface area contributed by atoms with Crippen LogP contribution < -0.4 is 5.32 Å². The number of ether oxygens (including phenoxy) is 1.